The molecule has 1 N–H and O–H groups in total. The van der Waals surface area contributed by atoms with Gasteiger partial charge in [0, 0.05) is 36.6 Å². The van der Waals surface area contributed by atoms with Crippen LogP contribution in [0.25, 0.3) is 0 Å². The summed E-state index contributed by atoms with van der Waals surface area (Å²) < 4.78 is 0.194. The first-order valence-electron chi connectivity index (χ1n) is 18.6. The van der Waals surface area contributed by atoms with Crippen molar-refractivity contribution in [2.24, 2.45) is 0 Å². The molecule has 4 rings (SSSR count). The van der Waals surface area contributed by atoms with Crippen LogP contribution in [-0.4, -0.2) is 62.9 Å². The molecule has 1 heterocycles. The molecule has 3 aliphatic rings. The Labute approximate surface area is 282 Å². The second-order valence-electron chi connectivity index (χ2n) is 14.3. The second kappa shape index (κ2) is 19.5. The van der Waals surface area contributed by atoms with E-state index in [-0.39, 0.29) is 12.0 Å². The molecule has 3 fully saturated rings. The molecule has 0 aromatic carbocycles. The first-order chi connectivity index (χ1) is 21.9. The maximum atomic E-state index is 13.6. The van der Waals surface area contributed by atoms with Crippen LogP contribution < -0.4 is 5.32 Å². The number of thioether (sulfide) groups is 1. The molecule has 0 atom stereocenters. The van der Waals surface area contributed by atoms with Crippen LogP contribution in [0.15, 0.2) is 9.72 Å². The Morgan fingerprint density at radius 2 is 1.44 bits per heavy atom. The highest BCUT2D eigenvalue weighted by Gasteiger charge is 2.38. The number of hydrogen-bond acceptors (Lipinski definition) is 7. The highest BCUT2D eigenvalue weighted by molar-refractivity contribution is 8.03. The third-order valence-corrected chi connectivity index (χ3v) is 12.2. The zero-order chi connectivity index (χ0) is 31.9. The summed E-state index contributed by atoms with van der Waals surface area (Å²) in [5.41, 5.74) is 1.05. The second-order valence-corrected chi connectivity index (χ2v) is 17.1. The number of unbranched alkanes of at least 4 members (excludes halogenated alkanes) is 4. The van der Waals surface area contributed by atoms with Crippen molar-refractivity contribution in [2.75, 3.05) is 13.1 Å². The predicted octanol–water partition coefficient (Wildman–Crippen LogP) is 9.69. The molecular formula is C36H62N4O3S2. The lowest BCUT2D eigenvalue weighted by atomic mass is 9.90. The standard InChI is InChI=1S/C36H62N4O3S2/c1-4-5-6-7-17-26-39(34(42)37-29-19-11-8-12-20-29)27-18-21-30-28-44-35(38-30)45-36(2,3)33(41)43-40(31-22-13-9-14-23-31)32-24-15-10-16-25-32/h28-29,31-32H,4-27H2,1-3H3,(H,37,42). The molecular weight excluding hydrogens is 601 g/mol. The van der Waals surface area contributed by atoms with E-state index in [0.29, 0.717) is 18.1 Å². The van der Waals surface area contributed by atoms with Crippen LogP contribution in [0.1, 0.15) is 161 Å². The van der Waals surface area contributed by atoms with Crippen molar-refractivity contribution in [1.82, 2.24) is 20.3 Å². The lowest BCUT2D eigenvalue weighted by Gasteiger charge is -2.40. The molecule has 0 unspecified atom stereocenters. The lowest BCUT2D eigenvalue weighted by molar-refractivity contribution is -0.224. The minimum absolute atomic E-state index is 0.114. The van der Waals surface area contributed by atoms with E-state index in [1.54, 1.807) is 11.3 Å². The summed E-state index contributed by atoms with van der Waals surface area (Å²) in [5, 5.41) is 7.60. The normalized spacial score (nSPS) is 19.1. The Hall–Kier alpha value is -1.32. The first-order valence-corrected chi connectivity index (χ1v) is 20.2. The summed E-state index contributed by atoms with van der Waals surface area (Å²) in [6.07, 6.45) is 25.7. The van der Waals surface area contributed by atoms with E-state index >= 15 is 0 Å². The van der Waals surface area contributed by atoms with Crippen LogP contribution in [0.2, 0.25) is 0 Å². The SMILES string of the molecule is CCCCCCCN(CCCc1csc(SC(C)(C)C(=O)ON(C2CCCCC2)C2CCCCC2)n1)C(=O)NC1CCCCC1. The number of hydrogen-bond donors (Lipinski definition) is 1. The molecule has 1 aromatic heterocycles. The average molecular weight is 663 g/mol. The van der Waals surface area contributed by atoms with Gasteiger partial charge in [-0.3, -0.25) is 0 Å². The molecule has 0 radical (unpaired) electrons. The Bertz CT molecular complexity index is 982. The minimum atomic E-state index is -0.720. The number of carbonyl (C=O) groups excluding carboxylic acids is 2. The monoisotopic (exact) mass is 662 g/mol. The van der Waals surface area contributed by atoms with Crippen LogP contribution >= 0.6 is 23.1 Å². The third kappa shape index (κ3) is 12.3. The molecule has 3 saturated carbocycles. The zero-order valence-corrected chi connectivity index (χ0v) is 30.3. The van der Waals surface area contributed by atoms with E-state index in [9.17, 15) is 9.59 Å². The molecule has 3 aliphatic carbocycles. The first kappa shape index (κ1) is 36.5. The van der Waals surface area contributed by atoms with Crippen LogP contribution in [0.4, 0.5) is 4.79 Å². The summed E-state index contributed by atoms with van der Waals surface area (Å²) in [6, 6.07) is 1.17. The number of aryl methyl sites for hydroxylation is 1. The smallest absolute Gasteiger partial charge is 0.340 e. The maximum Gasteiger partial charge on any atom is 0.340 e. The largest absolute Gasteiger partial charge is 0.366 e. The molecule has 7 nitrogen and oxygen atoms in total. The van der Waals surface area contributed by atoms with E-state index in [1.165, 1.54) is 95.2 Å². The van der Waals surface area contributed by atoms with Gasteiger partial charge in [0.05, 0.1) is 5.69 Å². The quantitative estimate of drug-likeness (QED) is 0.102. The molecule has 0 spiro atoms. The van der Waals surface area contributed by atoms with Gasteiger partial charge in [0.25, 0.3) is 0 Å². The van der Waals surface area contributed by atoms with E-state index in [4.69, 9.17) is 9.82 Å². The summed E-state index contributed by atoms with van der Waals surface area (Å²) >= 11 is 3.14. The predicted molar refractivity (Wildman–Crippen MR) is 188 cm³/mol. The fourth-order valence-electron chi connectivity index (χ4n) is 7.22. The van der Waals surface area contributed by atoms with Gasteiger partial charge >= 0.3 is 12.0 Å². The summed E-state index contributed by atoms with van der Waals surface area (Å²) in [4.78, 5) is 40.1. The number of nitrogens with zero attached hydrogens (tertiary/aromatic N) is 3. The summed E-state index contributed by atoms with van der Waals surface area (Å²) in [7, 11) is 0. The highest BCUT2D eigenvalue weighted by Crippen LogP contribution is 2.37. The van der Waals surface area contributed by atoms with Crippen LogP contribution in [0.5, 0.6) is 0 Å². The molecule has 2 amide bonds. The Morgan fingerprint density at radius 1 is 0.867 bits per heavy atom. The molecule has 256 valence electrons. The molecule has 1 aromatic rings. The van der Waals surface area contributed by atoms with Crippen molar-refractivity contribution >= 4 is 35.1 Å². The summed E-state index contributed by atoms with van der Waals surface area (Å²) in [6.45, 7) is 7.77. The van der Waals surface area contributed by atoms with Gasteiger partial charge in [-0.15, -0.1) is 16.4 Å². The van der Waals surface area contributed by atoms with Gasteiger partial charge in [-0.2, -0.15) is 0 Å². The Balaban J connectivity index is 1.27. The average Bonchev–Trinajstić information content (AvgIpc) is 3.50. The molecule has 0 aliphatic heterocycles. The van der Waals surface area contributed by atoms with Gasteiger partial charge in [-0.1, -0.05) is 102 Å². The van der Waals surface area contributed by atoms with Crippen molar-refractivity contribution in [2.45, 2.75) is 189 Å². The van der Waals surface area contributed by atoms with Crippen LogP contribution in [0.3, 0.4) is 0 Å². The van der Waals surface area contributed by atoms with Gasteiger partial charge in [-0.25, -0.2) is 14.6 Å². The Kier molecular flexibility index (Phi) is 15.8. The van der Waals surface area contributed by atoms with Gasteiger partial charge in [0.2, 0.25) is 0 Å². The topological polar surface area (TPSA) is 74.8 Å². The van der Waals surface area contributed by atoms with Gasteiger partial charge in [0.15, 0.2) is 4.34 Å². The fraction of sp³-hybridized carbons (Fsp3) is 0.861. The van der Waals surface area contributed by atoms with Gasteiger partial charge in [-0.05, 0) is 71.6 Å². The number of rotatable bonds is 17. The van der Waals surface area contributed by atoms with Crippen molar-refractivity contribution in [3.8, 4) is 0 Å². The fourth-order valence-corrected chi connectivity index (χ4v) is 9.48. The minimum Gasteiger partial charge on any atom is -0.366 e. The third-order valence-electron chi connectivity index (χ3n) is 10.0. The van der Waals surface area contributed by atoms with E-state index < -0.39 is 4.75 Å². The Morgan fingerprint density at radius 3 is 2.07 bits per heavy atom. The van der Waals surface area contributed by atoms with Crippen molar-refractivity contribution in [1.29, 1.82) is 0 Å². The van der Waals surface area contributed by atoms with Gasteiger partial charge in [0.1, 0.15) is 4.75 Å². The zero-order valence-electron chi connectivity index (χ0n) is 28.7. The number of nitrogens with one attached hydrogen (secondary N) is 1. The number of urea groups is 1. The van der Waals surface area contributed by atoms with Gasteiger partial charge < -0.3 is 15.1 Å². The highest BCUT2D eigenvalue weighted by atomic mass is 32.2. The number of carbonyl (C=O) groups is 2. The number of hydroxylamine groups is 2. The molecule has 45 heavy (non-hydrogen) atoms. The molecule has 0 bridgehead atoms. The maximum absolute atomic E-state index is 13.6. The lowest BCUT2D eigenvalue weighted by Crippen LogP contribution is -2.48. The van der Waals surface area contributed by atoms with E-state index in [2.05, 4.69) is 22.7 Å². The summed E-state index contributed by atoms with van der Waals surface area (Å²) in [5.74, 6) is -0.154. The number of thiazole rings is 1. The molecule has 0 saturated heterocycles. The van der Waals surface area contributed by atoms with Crippen LogP contribution in [0, 0.1) is 0 Å². The molecule has 9 heteroatoms. The van der Waals surface area contributed by atoms with E-state index in [0.717, 1.165) is 80.9 Å². The van der Waals surface area contributed by atoms with Crippen LogP contribution in [-0.2, 0) is 16.1 Å². The van der Waals surface area contributed by atoms with Crippen molar-refractivity contribution in [3.63, 3.8) is 0 Å². The van der Waals surface area contributed by atoms with E-state index in [1.807, 2.05) is 18.7 Å². The number of amides is 2. The number of aromatic nitrogens is 1. The van der Waals surface area contributed by atoms with Crippen molar-refractivity contribution in [3.05, 3.63) is 11.1 Å². The van der Waals surface area contributed by atoms with Crippen molar-refractivity contribution < 1.29 is 14.4 Å².